The molecule has 1 unspecified atom stereocenters. The molecule has 0 aromatic rings. The van der Waals surface area contributed by atoms with Crippen molar-refractivity contribution in [2.75, 3.05) is 47.4 Å². The average Bonchev–Trinajstić information content (AvgIpc) is 2.38. The van der Waals surface area contributed by atoms with Crippen molar-refractivity contribution in [1.29, 1.82) is 0 Å². The number of hydrogen-bond donors (Lipinski definition) is 0. The van der Waals surface area contributed by atoms with Crippen molar-refractivity contribution >= 4 is 16.2 Å². The second-order valence-corrected chi connectivity index (χ2v) is 6.88. The Balaban J connectivity index is 2.62. The molecule has 0 N–H and O–H groups in total. The Hall–Kier alpha value is -0.700. The first-order valence-electron chi connectivity index (χ1n) is 6.27. The van der Waals surface area contributed by atoms with Gasteiger partial charge in [-0.15, -0.1) is 0 Å². The summed E-state index contributed by atoms with van der Waals surface area (Å²) in [5, 5.41) is 0. The molecule has 0 amide bonds. The molecule has 0 bridgehead atoms. The fourth-order valence-corrected chi connectivity index (χ4v) is 3.32. The molecular weight excluding hydrogens is 270 g/mol. The maximum atomic E-state index is 12.3. The largest absolute Gasteiger partial charge is 0.469 e. The summed E-state index contributed by atoms with van der Waals surface area (Å²) in [6, 6.07) is 0.192. The summed E-state index contributed by atoms with van der Waals surface area (Å²) in [5.74, 6) is -0.409. The maximum absolute atomic E-state index is 12.3. The summed E-state index contributed by atoms with van der Waals surface area (Å²) in [6.07, 6.45) is 0.0650. The zero-order chi connectivity index (χ0) is 14.6. The van der Waals surface area contributed by atoms with Crippen molar-refractivity contribution in [2.24, 2.45) is 0 Å². The third-order valence-corrected chi connectivity index (χ3v) is 5.46. The van der Waals surface area contributed by atoms with Crippen LogP contribution in [0.3, 0.4) is 0 Å². The number of esters is 1. The summed E-state index contributed by atoms with van der Waals surface area (Å²) < 4.78 is 31.8. The Morgan fingerprint density at radius 1 is 1.42 bits per heavy atom. The Kier molecular flexibility index (Phi) is 5.72. The summed E-state index contributed by atoms with van der Waals surface area (Å²) >= 11 is 0. The highest BCUT2D eigenvalue weighted by Crippen LogP contribution is 2.14. The molecule has 1 rings (SSSR count). The van der Waals surface area contributed by atoms with Gasteiger partial charge in [0, 0.05) is 39.3 Å². The topological polar surface area (TPSA) is 70.2 Å². The van der Waals surface area contributed by atoms with Crippen molar-refractivity contribution in [3.05, 3.63) is 0 Å². The van der Waals surface area contributed by atoms with Crippen LogP contribution in [0.25, 0.3) is 0 Å². The molecular formula is C11H23N3O4S. The third kappa shape index (κ3) is 4.13. The van der Waals surface area contributed by atoms with Gasteiger partial charge in [0.15, 0.2) is 0 Å². The standard InChI is InChI=1S/C11H23N3O4S/c1-10-9-14(8-7-12(10)2)19(16,17)13(3)6-5-11(15)18-4/h10H,5-9H2,1-4H3. The van der Waals surface area contributed by atoms with Crippen LogP contribution in [0.4, 0.5) is 0 Å². The van der Waals surface area contributed by atoms with Crippen LogP contribution in [0.15, 0.2) is 0 Å². The molecule has 1 aliphatic heterocycles. The van der Waals surface area contributed by atoms with E-state index in [0.717, 1.165) is 0 Å². The summed E-state index contributed by atoms with van der Waals surface area (Å²) in [6.45, 7) is 3.80. The monoisotopic (exact) mass is 293 g/mol. The van der Waals surface area contributed by atoms with Crippen LogP contribution < -0.4 is 0 Å². The van der Waals surface area contributed by atoms with E-state index in [1.54, 1.807) is 0 Å². The SMILES string of the molecule is COC(=O)CCN(C)S(=O)(=O)N1CCN(C)C(C)C1. The Morgan fingerprint density at radius 2 is 2.05 bits per heavy atom. The van der Waals surface area contributed by atoms with Gasteiger partial charge < -0.3 is 9.64 Å². The minimum Gasteiger partial charge on any atom is -0.469 e. The molecule has 1 heterocycles. The van der Waals surface area contributed by atoms with Crippen LogP contribution in [-0.4, -0.2) is 81.3 Å². The molecule has 1 saturated heterocycles. The van der Waals surface area contributed by atoms with E-state index >= 15 is 0 Å². The lowest BCUT2D eigenvalue weighted by Gasteiger charge is -2.38. The predicted molar refractivity (Wildman–Crippen MR) is 71.8 cm³/mol. The lowest BCUT2D eigenvalue weighted by molar-refractivity contribution is -0.140. The van der Waals surface area contributed by atoms with Gasteiger partial charge in [0.1, 0.15) is 0 Å². The van der Waals surface area contributed by atoms with Crippen LogP contribution in [0.5, 0.6) is 0 Å². The third-order valence-electron chi connectivity index (χ3n) is 3.50. The predicted octanol–water partition coefficient (Wildman–Crippen LogP) is -0.638. The number of nitrogens with zero attached hydrogens (tertiary/aromatic N) is 3. The maximum Gasteiger partial charge on any atom is 0.306 e. The van der Waals surface area contributed by atoms with E-state index in [0.29, 0.717) is 19.6 Å². The number of methoxy groups -OCH3 is 1. The fourth-order valence-electron chi connectivity index (χ4n) is 1.89. The number of hydrogen-bond acceptors (Lipinski definition) is 5. The highest BCUT2D eigenvalue weighted by Gasteiger charge is 2.32. The van der Waals surface area contributed by atoms with E-state index in [1.165, 1.54) is 22.8 Å². The van der Waals surface area contributed by atoms with E-state index in [-0.39, 0.29) is 19.0 Å². The fraction of sp³-hybridized carbons (Fsp3) is 0.909. The summed E-state index contributed by atoms with van der Waals surface area (Å²) in [7, 11) is 1.27. The summed E-state index contributed by atoms with van der Waals surface area (Å²) in [4.78, 5) is 13.2. The van der Waals surface area contributed by atoms with Gasteiger partial charge in [-0.1, -0.05) is 0 Å². The Labute approximate surface area is 115 Å². The molecule has 7 nitrogen and oxygen atoms in total. The Morgan fingerprint density at radius 3 is 2.58 bits per heavy atom. The van der Waals surface area contributed by atoms with Gasteiger partial charge in [0.25, 0.3) is 10.2 Å². The highest BCUT2D eigenvalue weighted by atomic mass is 32.2. The van der Waals surface area contributed by atoms with Crippen LogP contribution in [-0.2, 0) is 19.7 Å². The minimum absolute atomic E-state index is 0.0650. The van der Waals surface area contributed by atoms with Crippen molar-refractivity contribution < 1.29 is 17.9 Å². The average molecular weight is 293 g/mol. The molecule has 112 valence electrons. The quantitative estimate of drug-likeness (QED) is 0.631. The molecule has 0 aliphatic carbocycles. The van der Waals surface area contributed by atoms with Gasteiger partial charge >= 0.3 is 5.97 Å². The van der Waals surface area contributed by atoms with Crippen molar-refractivity contribution in [3.8, 4) is 0 Å². The smallest absolute Gasteiger partial charge is 0.306 e. The molecule has 8 heteroatoms. The van der Waals surface area contributed by atoms with E-state index in [9.17, 15) is 13.2 Å². The number of piperazine rings is 1. The number of carbonyl (C=O) groups excluding carboxylic acids is 1. The van der Waals surface area contributed by atoms with Crippen molar-refractivity contribution in [3.63, 3.8) is 0 Å². The zero-order valence-electron chi connectivity index (χ0n) is 12.0. The minimum atomic E-state index is -3.49. The van der Waals surface area contributed by atoms with Gasteiger partial charge in [-0.2, -0.15) is 17.0 Å². The first-order chi connectivity index (χ1) is 8.78. The number of ether oxygens (including phenoxy) is 1. The van der Waals surface area contributed by atoms with Gasteiger partial charge in [0.05, 0.1) is 13.5 Å². The zero-order valence-corrected chi connectivity index (χ0v) is 12.8. The molecule has 1 fully saturated rings. The first kappa shape index (κ1) is 16.4. The lowest BCUT2D eigenvalue weighted by atomic mass is 10.2. The first-order valence-corrected chi connectivity index (χ1v) is 7.67. The van der Waals surface area contributed by atoms with Gasteiger partial charge in [0.2, 0.25) is 0 Å². The second kappa shape index (κ2) is 6.65. The van der Waals surface area contributed by atoms with E-state index in [1.807, 2.05) is 14.0 Å². The molecule has 0 spiro atoms. The van der Waals surface area contributed by atoms with Gasteiger partial charge in [-0.3, -0.25) is 4.79 Å². The molecule has 0 radical (unpaired) electrons. The Bertz CT molecular complexity index is 412. The molecule has 0 saturated carbocycles. The number of rotatable bonds is 5. The molecule has 1 atom stereocenters. The van der Waals surface area contributed by atoms with E-state index in [2.05, 4.69) is 9.64 Å². The van der Waals surface area contributed by atoms with Crippen molar-refractivity contribution in [2.45, 2.75) is 19.4 Å². The summed E-state index contributed by atoms with van der Waals surface area (Å²) in [5.41, 5.74) is 0. The van der Waals surface area contributed by atoms with Crippen LogP contribution in [0, 0.1) is 0 Å². The number of likely N-dealkylation sites (N-methyl/N-ethyl adjacent to an activating group) is 1. The van der Waals surface area contributed by atoms with Gasteiger partial charge in [-0.25, -0.2) is 0 Å². The molecule has 0 aromatic heterocycles. The van der Waals surface area contributed by atoms with Crippen LogP contribution >= 0.6 is 0 Å². The molecule has 19 heavy (non-hydrogen) atoms. The van der Waals surface area contributed by atoms with E-state index in [4.69, 9.17) is 0 Å². The van der Waals surface area contributed by atoms with Crippen LogP contribution in [0.1, 0.15) is 13.3 Å². The van der Waals surface area contributed by atoms with Crippen LogP contribution in [0.2, 0.25) is 0 Å². The molecule has 0 aromatic carbocycles. The van der Waals surface area contributed by atoms with Gasteiger partial charge in [-0.05, 0) is 14.0 Å². The number of carbonyl (C=O) groups is 1. The normalized spacial score (nSPS) is 22.7. The second-order valence-electron chi connectivity index (χ2n) is 4.84. The van der Waals surface area contributed by atoms with E-state index < -0.39 is 16.2 Å². The highest BCUT2D eigenvalue weighted by molar-refractivity contribution is 7.86. The van der Waals surface area contributed by atoms with Crippen molar-refractivity contribution in [1.82, 2.24) is 13.5 Å². The molecule has 1 aliphatic rings. The lowest BCUT2D eigenvalue weighted by Crippen LogP contribution is -2.55.